The SMILES string of the molecule is O=C(NCc1ccccc1)[C@@H](c1ccncc1)N(Cc1ccccc1)C(=O)c1ccccn1. The van der Waals surface area contributed by atoms with Crippen LogP contribution in [0.25, 0.3) is 0 Å². The summed E-state index contributed by atoms with van der Waals surface area (Å²) in [7, 11) is 0. The van der Waals surface area contributed by atoms with Gasteiger partial charge in [-0.25, -0.2) is 0 Å². The summed E-state index contributed by atoms with van der Waals surface area (Å²) >= 11 is 0. The maximum Gasteiger partial charge on any atom is 0.273 e. The molecule has 0 unspecified atom stereocenters. The molecule has 33 heavy (non-hydrogen) atoms. The molecule has 1 atom stereocenters. The summed E-state index contributed by atoms with van der Waals surface area (Å²) in [6, 6.07) is 27.1. The summed E-state index contributed by atoms with van der Waals surface area (Å²) in [5.41, 5.74) is 2.85. The zero-order valence-corrected chi connectivity index (χ0v) is 18.0. The second kappa shape index (κ2) is 10.8. The summed E-state index contributed by atoms with van der Waals surface area (Å²) in [6.45, 7) is 0.611. The molecule has 0 fully saturated rings. The number of pyridine rings is 2. The summed E-state index contributed by atoms with van der Waals surface area (Å²) in [4.78, 5) is 37.0. The van der Waals surface area contributed by atoms with Crippen LogP contribution in [-0.4, -0.2) is 26.7 Å². The van der Waals surface area contributed by atoms with Crippen LogP contribution in [0.15, 0.2) is 110 Å². The van der Waals surface area contributed by atoms with Gasteiger partial charge in [-0.05, 0) is 41.0 Å². The molecule has 0 aliphatic heterocycles. The lowest BCUT2D eigenvalue weighted by atomic mass is 10.0. The van der Waals surface area contributed by atoms with Gasteiger partial charge in [0.05, 0.1) is 0 Å². The summed E-state index contributed by atoms with van der Waals surface area (Å²) in [5, 5.41) is 3.00. The van der Waals surface area contributed by atoms with E-state index in [4.69, 9.17) is 0 Å². The Labute approximate surface area is 192 Å². The summed E-state index contributed by atoms with van der Waals surface area (Å²) in [6.07, 6.45) is 4.82. The Morgan fingerprint density at radius 1 is 0.758 bits per heavy atom. The minimum Gasteiger partial charge on any atom is -0.350 e. The first-order valence-electron chi connectivity index (χ1n) is 10.7. The van der Waals surface area contributed by atoms with Gasteiger partial charge in [0.2, 0.25) is 5.91 Å². The van der Waals surface area contributed by atoms with Gasteiger partial charge in [-0.15, -0.1) is 0 Å². The predicted molar refractivity (Wildman–Crippen MR) is 126 cm³/mol. The second-order valence-electron chi connectivity index (χ2n) is 7.52. The van der Waals surface area contributed by atoms with E-state index in [0.29, 0.717) is 12.1 Å². The van der Waals surface area contributed by atoms with E-state index in [-0.39, 0.29) is 24.1 Å². The van der Waals surface area contributed by atoms with Gasteiger partial charge in [0.1, 0.15) is 11.7 Å². The molecule has 1 N–H and O–H groups in total. The Morgan fingerprint density at radius 2 is 1.39 bits per heavy atom. The zero-order valence-electron chi connectivity index (χ0n) is 18.0. The van der Waals surface area contributed by atoms with Crippen molar-refractivity contribution in [1.29, 1.82) is 0 Å². The molecule has 0 radical (unpaired) electrons. The molecule has 6 nitrogen and oxygen atoms in total. The van der Waals surface area contributed by atoms with Crippen LogP contribution in [0.5, 0.6) is 0 Å². The minimum atomic E-state index is -0.855. The van der Waals surface area contributed by atoms with Gasteiger partial charge in [-0.3, -0.25) is 19.6 Å². The van der Waals surface area contributed by atoms with E-state index in [1.165, 1.54) is 0 Å². The van der Waals surface area contributed by atoms with E-state index < -0.39 is 6.04 Å². The van der Waals surface area contributed by atoms with Crippen LogP contribution in [0.4, 0.5) is 0 Å². The standard InChI is InChI=1S/C27H24N4O2/c32-26(30-19-21-9-3-1-4-10-21)25(23-14-17-28-18-15-23)31(20-22-11-5-2-6-12-22)27(33)24-13-7-8-16-29-24/h1-18,25H,19-20H2,(H,30,32)/t25-/m1/s1. The first-order chi connectivity index (χ1) is 16.2. The molecule has 0 saturated carbocycles. The molecule has 0 aliphatic carbocycles. The lowest BCUT2D eigenvalue weighted by molar-refractivity contribution is -0.126. The van der Waals surface area contributed by atoms with E-state index >= 15 is 0 Å². The number of benzene rings is 2. The van der Waals surface area contributed by atoms with Crippen molar-refractivity contribution in [3.8, 4) is 0 Å². The maximum absolute atomic E-state index is 13.6. The molecule has 0 saturated heterocycles. The molecule has 2 aromatic heterocycles. The first-order valence-corrected chi connectivity index (χ1v) is 10.7. The largest absolute Gasteiger partial charge is 0.350 e. The van der Waals surface area contributed by atoms with Gasteiger partial charge in [0, 0.05) is 31.7 Å². The Kier molecular flexibility index (Phi) is 7.18. The Hall–Kier alpha value is -4.32. The average Bonchev–Trinajstić information content (AvgIpc) is 2.89. The Morgan fingerprint density at radius 3 is 2.03 bits per heavy atom. The van der Waals surface area contributed by atoms with E-state index in [9.17, 15) is 9.59 Å². The lowest BCUT2D eigenvalue weighted by Gasteiger charge is -2.31. The van der Waals surface area contributed by atoms with Crippen molar-refractivity contribution in [1.82, 2.24) is 20.2 Å². The van der Waals surface area contributed by atoms with E-state index in [1.54, 1.807) is 53.8 Å². The van der Waals surface area contributed by atoms with Crippen LogP contribution in [0.2, 0.25) is 0 Å². The highest BCUT2D eigenvalue weighted by Crippen LogP contribution is 2.25. The fourth-order valence-corrected chi connectivity index (χ4v) is 3.60. The molecule has 2 amide bonds. The number of hydrogen-bond acceptors (Lipinski definition) is 4. The predicted octanol–water partition coefficient (Wildman–Crippen LogP) is 4.18. The second-order valence-corrected chi connectivity index (χ2v) is 7.52. The van der Waals surface area contributed by atoms with Crippen LogP contribution in [0.1, 0.15) is 33.2 Å². The first kappa shape index (κ1) is 21.9. The van der Waals surface area contributed by atoms with Crippen LogP contribution in [0.3, 0.4) is 0 Å². The normalized spacial score (nSPS) is 11.4. The molecule has 4 aromatic rings. The number of carbonyl (C=O) groups is 2. The molecule has 2 aromatic carbocycles. The minimum absolute atomic E-state index is 0.252. The Balaban J connectivity index is 1.70. The van der Waals surface area contributed by atoms with Gasteiger partial charge >= 0.3 is 0 Å². The molecule has 6 heteroatoms. The van der Waals surface area contributed by atoms with Crippen molar-refractivity contribution < 1.29 is 9.59 Å². The van der Waals surface area contributed by atoms with Gasteiger partial charge in [-0.1, -0.05) is 66.7 Å². The van der Waals surface area contributed by atoms with Crippen molar-refractivity contribution in [3.05, 3.63) is 132 Å². The highest BCUT2D eigenvalue weighted by Gasteiger charge is 2.32. The number of nitrogens with zero attached hydrogens (tertiary/aromatic N) is 3. The number of carbonyl (C=O) groups excluding carboxylic acids is 2. The van der Waals surface area contributed by atoms with E-state index in [0.717, 1.165) is 11.1 Å². The van der Waals surface area contributed by atoms with Crippen molar-refractivity contribution in [2.45, 2.75) is 19.1 Å². The van der Waals surface area contributed by atoms with Crippen LogP contribution in [0, 0.1) is 0 Å². The van der Waals surface area contributed by atoms with Gasteiger partial charge in [-0.2, -0.15) is 0 Å². The zero-order chi connectivity index (χ0) is 22.9. The molecule has 0 aliphatic rings. The van der Waals surface area contributed by atoms with Crippen molar-refractivity contribution in [2.24, 2.45) is 0 Å². The number of hydrogen-bond donors (Lipinski definition) is 1. The molecular weight excluding hydrogens is 412 g/mol. The Bertz CT molecular complexity index is 1170. The number of rotatable bonds is 8. The number of amides is 2. The van der Waals surface area contributed by atoms with Crippen molar-refractivity contribution >= 4 is 11.8 Å². The molecule has 164 valence electrons. The maximum atomic E-state index is 13.6. The summed E-state index contributed by atoms with van der Waals surface area (Å²) < 4.78 is 0. The fourth-order valence-electron chi connectivity index (χ4n) is 3.60. The van der Waals surface area contributed by atoms with E-state index in [2.05, 4.69) is 15.3 Å². The third kappa shape index (κ3) is 5.68. The number of nitrogens with one attached hydrogen (secondary N) is 1. The third-order valence-corrected chi connectivity index (χ3v) is 5.23. The van der Waals surface area contributed by atoms with Crippen LogP contribution in [-0.2, 0) is 17.9 Å². The monoisotopic (exact) mass is 436 g/mol. The molecule has 2 heterocycles. The van der Waals surface area contributed by atoms with Gasteiger partial charge in [0.25, 0.3) is 5.91 Å². The fraction of sp³-hybridized carbons (Fsp3) is 0.111. The van der Waals surface area contributed by atoms with Gasteiger partial charge in [0.15, 0.2) is 0 Å². The number of aromatic nitrogens is 2. The highest BCUT2D eigenvalue weighted by molar-refractivity contribution is 5.96. The molecule has 0 bridgehead atoms. The molecule has 4 rings (SSSR count). The average molecular weight is 437 g/mol. The smallest absolute Gasteiger partial charge is 0.273 e. The highest BCUT2D eigenvalue weighted by atomic mass is 16.2. The summed E-state index contributed by atoms with van der Waals surface area (Å²) in [5.74, 6) is -0.596. The molecule has 0 spiro atoms. The van der Waals surface area contributed by atoms with E-state index in [1.807, 2.05) is 60.7 Å². The van der Waals surface area contributed by atoms with Crippen molar-refractivity contribution in [2.75, 3.05) is 0 Å². The quantitative estimate of drug-likeness (QED) is 0.450. The van der Waals surface area contributed by atoms with Crippen LogP contribution >= 0.6 is 0 Å². The lowest BCUT2D eigenvalue weighted by Crippen LogP contribution is -2.43. The molecular formula is C27H24N4O2. The van der Waals surface area contributed by atoms with Crippen LogP contribution < -0.4 is 5.32 Å². The topological polar surface area (TPSA) is 75.2 Å². The van der Waals surface area contributed by atoms with Gasteiger partial charge < -0.3 is 10.2 Å². The van der Waals surface area contributed by atoms with Crippen molar-refractivity contribution in [3.63, 3.8) is 0 Å². The third-order valence-electron chi connectivity index (χ3n) is 5.23.